The molecule has 192 valence electrons. The zero-order chi connectivity index (χ0) is 23.4. The fraction of sp³-hybridized carbons (Fsp3) is 0.345. The number of amides is 1. The summed E-state index contributed by atoms with van der Waals surface area (Å²) in [5.41, 5.74) is 2.63. The Balaban J connectivity index is 0.00000180. The minimum atomic E-state index is -0.677. The van der Waals surface area contributed by atoms with Crippen LogP contribution in [0.2, 0.25) is 0 Å². The van der Waals surface area contributed by atoms with Crippen LogP contribution < -0.4 is 4.90 Å². The second kappa shape index (κ2) is 12.6. The fourth-order valence-corrected chi connectivity index (χ4v) is 5.54. The fourth-order valence-electron chi connectivity index (χ4n) is 5.54. The molecule has 36 heavy (non-hydrogen) atoms. The number of anilines is 1. The van der Waals surface area contributed by atoms with Crippen LogP contribution in [0.3, 0.4) is 0 Å². The van der Waals surface area contributed by atoms with Gasteiger partial charge in [-0.2, -0.15) is 0 Å². The molecule has 0 radical (unpaired) electrons. The second-order valence-electron chi connectivity index (χ2n) is 9.42. The van der Waals surface area contributed by atoms with E-state index < -0.39 is 11.5 Å². The average Bonchev–Trinajstić information content (AvgIpc) is 3.22. The molecule has 5 rings (SSSR count). The van der Waals surface area contributed by atoms with Gasteiger partial charge in [0.05, 0.1) is 6.10 Å². The monoisotopic (exact) mass is 527 g/mol. The quantitative estimate of drug-likeness (QED) is 0.499. The summed E-state index contributed by atoms with van der Waals surface area (Å²) in [6.07, 6.45) is 0.164. The van der Waals surface area contributed by atoms with Crippen LogP contribution in [-0.4, -0.2) is 72.7 Å². The van der Waals surface area contributed by atoms with Gasteiger partial charge >= 0.3 is 0 Å². The molecule has 5 nitrogen and oxygen atoms in total. The molecular weight excluding hydrogens is 493 g/mol. The zero-order valence-electron chi connectivity index (χ0n) is 20.4. The molecule has 1 N–H and O–H groups in total. The second-order valence-corrected chi connectivity index (χ2v) is 9.42. The van der Waals surface area contributed by atoms with Crippen molar-refractivity contribution >= 4 is 36.4 Å². The number of halogens is 2. The molecule has 0 aliphatic carbocycles. The van der Waals surface area contributed by atoms with Crippen LogP contribution in [0.4, 0.5) is 5.69 Å². The first kappa shape index (κ1) is 28.0. The van der Waals surface area contributed by atoms with Gasteiger partial charge < -0.3 is 14.9 Å². The standard InChI is InChI=1S/C29H33N3O2.2ClH/c33-27(22-30-18-20-31(21-19-30)26-14-8-3-9-15-26)23-32-17-16-29(28(32)34,24-10-4-1-5-11-24)25-12-6-2-7-13-25;;/h1-15,27,33H,16-23H2;2*1H. The van der Waals surface area contributed by atoms with Crippen molar-refractivity contribution in [3.05, 3.63) is 102 Å². The number of para-hydroxylation sites is 1. The summed E-state index contributed by atoms with van der Waals surface area (Å²) >= 11 is 0. The summed E-state index contributed by atoms with van der Waals surface area (Å²) in [5.74, 6) is 0.0952. The first-order valence-electron chi connectivity index (χ1n) is 12.3. The molecule has 1 atom stereocenters. The van der Waals surface area contributed by atoms with Crippen molar-refractivity contribution < 1.29 is 9.90 Å². The molecule has 3 aromatic carbocycles. The molecular formula is C29H35Cl2N3O2. The number of carbonyl (C=O) groups is 1. The molecule has 2 fully saturated rings. The third kappa shape index (κ3) is 5.70. The van der Waals surface area contributed by atoms with Crippen molar-refractivity contribution in [2.24, 2.45) is 0 Å². The van der Waals surface area contributed by atoms with Gasteiger partial charge in [0, 0.05) is 51.5 Å². The molecule has 1 unspecified atom stereocenters. The van der Waals surface area contributed by atoms with Crippen LogP contribution in [-0.2, 0) is 10.2 Å². The third-order valence-electron chi connectivity index (χ3n) is 7.34. The van der Waals surface area contributed by atoms with Gasteiger partial charge in [-0.05, 0) is 29.7 Å². The van der Waals surface area contributed by atoms with E-state index >= 15 is 0 Å². The average molecular weight is 529 g/mol. The Morgan fingerprint density at radius 3 is 1.72 bits per heavy atom. The SMILES string of the molecule is Cl.Cl.O=C1N(CC(O)CN2CCN(c3ccccc3)CC2)CCC1(c1ccccc1)c1ccccc1. The van der Waals surface area contributed by atoms with Crippen molar-refractivity contribution in [2.45, 2.75) is 17.9 Å². The molecule has 2 aliphatic heterocycles. The van der Waals surface area contributed by atoms with Crippen molar-refractivity contribution in [1.82, 2.24) is 9.80 Å². The number of carbonyl (C=O) groups excluding carboxylic acids is 1. The predicted molar refractivity (Wildman–Crippen MR) is 150 cm³/mol. The largest absolute Gasteiger partial charge is 0.390 e. The lowest BCUT2D eigenvalue weighted by atomic mass is 9.73. The number of rotatable bonds is 7. The molecule has 7 heteroatoms. The van der Waals surface area contributed by atoms with Crippen LogP contribution >= 0.6 is 24.8 Å². The Labute approximate surface area is 226 Å². The topological polar surface area (TPSA) is 47.0 Å². The van der Waals surface area contributed by atoms with E-state index in [0.29, 0.717) is 19.6 Å². The van der Waals surface area contributed by atoms with Crippen molar-refractivity contribution in [3.63, 3.8) is 0 Å². The van der Waals surface area contributed by atoms with Crippen LogP contribution in [0, 0.1) is 0 Å². The van der Waals surface area contributed by atoms with Crippen LogP contribution in [0.25, 0.3) is 0 Å². The lowest BCUT2D eigenvalue weighted by Crippen LogP contribution is -2.50. The minimum Gasteiger partial charge on any atom is -0.390 e. The lowest BCUT2D eigenvalue weighted by Gasteiger charge is -2.37. The summed E-state index contributed by atoms with van der Waals surface area (Å²) < 4.78 is 0. The van der Waals surface area contributed by atoms with E-state index in [9.17, 15) is 9.90 Å². The number of nitrogens with zero attached hydrogens (tertiary/aromatic N) is 3. The Hall–Kier alpha value is -2.57. The smallest absolute Gasteiger partial charge is 0.237 e. The van der Waals surface area contributed by atoms with E-state index in [4.69, 9.17) is 0 Å². The first-order valence-corrected chi connectivity index (χ1v) is 12.3. The van der Waals surface area contributed by atoms with E-state index in [1.165, 1.54) is 5.69 Å². The lowest BCUT2D eigenvalue weighted by molar-refractivity contribution is -0.132. The number of piperazine rings is 1. The molecule has 2 saturated heterocycles. The molecule has 1 amide bonds. The molecule has 0 saturated carbocycles. The summed E-state index contributed by atoms with van der Waals surface area (Å²) in [4.78, 5) is 20.4. The predicted octanol–water partition coefficient (Wildman–Crippen LogP) is 4.23. The van der Waals surface area contributed by atoms with E-state index in [0.717, 1.165) is 43.7 Å². The third-order valence-corrected chi connectivity index (χ3v) is 7.34. The van der Waals surface area contributed by atoms with Gasteiger partial charge in [-0.1, -0.05) is 78.9 Å². The number of hydrogen-bond donors (Lipinski definition) is 1. The van der Waals surface area contributed by atoms with Gasteiger partial charge in [0.2, 0.25) is 5.91 Å². The summed E-state index contributed by atoms with van der Waals surface area (Å²) in [7, 11) is 0. The van der Waals surface area contributed by atoms with E-state index in [-0.39, 0.29) is 30.7 Å². The number of benzene rings is 3. The van der Waals surface area contributed by atoms with Crippen molar-refractivity contribution in [3.8, 4) is 0 Å². The van der Waals surface area contributed by atoms with E-state index in [1.807, 2.05) is 47.4 Å². The maximum absolute atomic E-state index is 13.9. The number of likely N-dealkylation sites (tertiary alicyclic amines) is 1. The minimum absolute atomic E-state index is 0. The number of aliphatic hydroxyl groups is 1. The molecule has 3 aromatic rings. The molecule has 2 aliphatic rings. The van der Waals surface area contributed by atoms with E-state index in [2.05, 4.69) is 58.3 Å². The van der Waals surface area contributed by atoms with Crippen molar-refractivity contribution in [2.75, 3.05) is 50.7 Å². The van der Waals surface area contributed by atoms with Gasteiger partial charge in [-0.15, -0.1) is 24.8 Å². The highest BCUT2D eigenvalue weighted by atomic mass is 35.5. The maximum atomic E-state index is 13.9. The van der Waals surface area contributed by atoms with Gasteiger partial charge in [0.25, 0.3) is 0 Å². The normalized spacial score (nSPS) is 18.3. The molecule has 0 aromatic heterocycles. The van der Waals surface area contributed by atoms with Gasteiger partial charge in [-0.25, -0.2) is 0 Å². The summed E-state index contributed by atoms with van der Waals surface area (Å²) in [5, 5.41) is 10.9. The Bertz CT molecular complexity index is 1040. The number of β-amino-alcohol motifs (C(OH)–C–C–N with tert-alkyl or cyclic N) is 1. The van der Waals surface area contributed by atoms with Gasteiger partial charge in [0.15, 0.2) is 0 Å². The van der Waals surface area contributed by atoms with E-state index in [1.54, 1.807) is 0 Å². The highest BCUT2D eigenvalue weighted by Gasteiger charge is 2.49. The van der Waals surface area contributed by atoms with Crippen LogP contribution in [0.1, 0.15) is 17.5 Å². The van der Waals surface area contributed by atoms with Gasteiger partial charge in [-0.3, -0.25) is 9.69 Å². The first-order chi connectivity index (χ1) is 16.7. The Kier molecular flexibility index (Phi) is 9.80. The van der Waals surface area contributed by atoms with Gasteiger partial charge in [0.1, 0.15) is 5.41 Å². The Morgan fingerprint density at radius 1 is 0.694 bits per heavy atom. The maximum Gasteiger partial charge on any atom is 0.237 e. The number of aliphatic hydroxyl groups excluding tert-OH is 1. The van der Waals surface area contributed by atoms with Crippen molar-refractivity contribution in [1.29, 1.82) is 0 Å². The summed E-state index contributed by atoms with van der Waals surface area (Å²) in [6.45, 7) is 5.35. The van der Waals surface area contributed by atoms with Crippen LogP contribution in [0.15, 0.2) is 91.0 Å². The molecule has 0 spiro atoms. The molecule has 0 bridgehead atoms. The van der Waals surface area contributed by atoms with Crippen LogP contribution in [0.5, 0.6) is 0 Å². The zero-order valence-corrected chi connectivity index (χ0v) is 22.0. The highest BCUT2D eigenvalue weighted by Crippen LogP contribution is 2.42. The Morgan fingerprint density at radius 2 is 1.19 bits per heavy atom. The summed E-state index contributed by atoms with van der Waals surface area (Å²) in [6, 6.07) is 30.7. The highest BCUT2D eigenvalue weighted by molar-refractivity contribution is 5.94. The molecule has 2 heterocycles. The number of hydrogen-bond acceptors (Lipinski definition) is 4.